The Morgan fingerprint density at radius 1 is 1.35 bits per heavy atom. The van der Waals surface area contributed by atoms with Gasteiger partial charge in [-0.25, -0.2) is 13.6 Å². The number of carbonyl (C=O) groups excluding carboxylic acids is 2. The Hall–Kier alpha value is -2.02. The Morgan fingerprint density at radius 3 is 2.70 bits per heavy atom. The molecule has 0 aliphatic carbocycles. The highest BCUT2D eigenvalue weighted by Gasteiger charge is 2.36. The molecular weight excluding hydrogens is 308 g/mol. The molecule has 23 heavy (non-hydrogen) atoms. The summed E-state index contributed by atoms with van der Waals surface area (Å²) in [7, 11) is 0. The van der Waals surface area contributed by atoms with Gasteiger partial charge in [-0.1, -0.05) is 0 Å². The smallest absolute Gasteiger partial charge is 0.407 e. The van der Waals surface area contributed by atoms with E-state index in [1.165, 1.54) is 0 Å². The minimum atomic E-state index is -1.03. The van der Waals surface area contributed by atoms with E-state index in [0.717, 1.165) is 18.2 Å². The van der Waals surface area contributed by atoms with E-state index < -0.39 is 35.5 Å². The SMILES string of the molecule is CC(C)(C)NC(=O)O[C@H]1CC(=O)CO[C@@H]1c1cc(F)ccc1F. The van der Waals surface area contributed by atoms with Crippen LogP contribution >= 0.6 is 0 Å². The Bertz CT molecular complexity index is 613. The molecule has 126 valence electrons. The second-order valence-electron chi connectivity index (χ2n) is 6.46. The molecule has 2 atom stereocenters. The highest BCUT2D eigenvalue weighted by Crippen LogP contribution is 2.31. The molecule has 0 aromatic heterocycles. The molecule has 2 rings (SSSR count). The zero-order valence-electron chi connectivity index (χ0n) is 13.2. The molecule has 0 radical (unpaired) electrons. The lowest BCUT2D eigenvalue weighted by Crippen LogP contribution is -2.45. The lowest BCUT2D eigenvalue weighted by molar-refractivity contribution is -0.143. The van der Waals surface area contributed by atoms with Crippen LogP contribution < -0.4 is 5.32 Å². The van der Waals surface area contributed by atoms with Gasteiger partial charge >= 0.3 is 6.09 Å². The number of benzene rings is 1. The van der Waals surface area contributed by atoms with E-state index in [9.17, 15) is 18.4 Å². The Kier molecular flexibility index (Phi) is 4.99. The first kappa shape index (κ1) is 17.3. The van der Waals surface area contributed by atoms with E-state index in [1.807, 2.05) is 0 Å². The van der Waals surface area contributed by atoms with Crippen LogP contribution in [-0.4, -0.2) is 30.1 Å². The Morgan fingerprint density at radius 2 is 2.04 bits per heavy atom. The van der Waals surface area contributed by atoms with Crippen molar-refractivity contribution in [1.29, 1.82) is 0 Å². The predicted molar refractivity (Wildman–Crippen MR) is 77.8 cm³/mol. The molecule has 1 heterocycles. The largest absolute Gasteiger partial charge is 0.443 e. The molecule has 5 nitrogen and oxygen atoms in total. The van der Waals surface area contributed by atoms with Crippen LogP contribution in [0.4, 0.5) is 13.6 Å². The molecule has 1 aliphatic rings. The summed E-state index contributed by atoms with van der Waals surface area (Å²) < 4.78 is 37.8. The number of alkyl carbamates (subject to hydrolysis) is 1. The van der Waals surface area contributed by atoms with Gasteiger partial charge in [0.1, 0.15) is 30.4 Å². The van der Waals surface area contributed by atoms with Gasteiger partial charge in [-0.15, -0.1) is 0 Å². The van der Waals surface area contributed by atoms with Gasteiger partial charge in [0.15, 0.2) is 5.78 Å². The fraction of sp³-hybridized carbons (Fsp3) is 0.500. The lowest BCUT2D eigenvalue weighted by Gasteiger charge is -2.32. The topological polar surface area (TPSA) is 64.6 Å². The number of halogens is 2. The maximum atomic E-state index is 13.9. The maximum Gasteiger partial charge on any atom is 0.407 e. The number of rotatable bonds is 2. The van der Waals surface area contributed by atoms with Crippen molar-refractivity contribution in [2.75, 3.05) is 6.61 Å². The number of ether oxygens (including phenoxy) is 2. The molecule has 1 aromatic rings. The minimum absolute atomic E-state index is 0.0777. The van der Waals surface area contributed by atoms with Crippen molar-refractivity contribution in [3.8, 4) is 0 Å². The van der Waals surface area contributed by atoms with E-state index in [4.69, 9.17) is 9.47 Å². The van der Waals surface area contributed by atoms with Gasteiger partial charge < -0.3 is 14.8 Å². The van der Waals surface area contributed by atoms with Crippen molar-refractivity contribution >= 4 is 11.9 Å². The average Bonchev–Trinajstić information content (AvgIpc) is 2.40. The van der Waals surface area contributed by atoms with E-state index in [0.29, 0.717) is 0 Å². The van der Waals surface area contributed by atoms with Crippen LogP contribution in [-0.2, 0) is 14.3 Å². The predicted octanol–water partition coefficient (Wildman–Crippen LogP) is 2.89. The Balaban J connectivity index is 2.21. The number of Topliss-reactive ketones (excluding diaryl/α,β-unsaturated/α-hetero) is 1. The molecule has 0 unspecified atom stereocenters. The zero-order valence-corrected chi connectivity index (χ0v) is 13.2. The van der Waals surface area contributed by atoms with E-state index in [1.54, 1.807) is 20.8 Å². The molecule has 1 amide bonds. The standard InChI is InChI=1S/C16H19F2NO4/c1-16(2,3)19-15(21)23-13-7-10(20)8-22-14(13)11-6-9(17)4-5-12(11)18/h4-6,13-14H,7-8H2,1-3H3,(H,19,21)/t13-,14+/m0/s1. The van der Waals surface area contributed by atoms with E-state index >= 15 is 0 Å². The monoisotopic (exact) mass is 327 g/mol. The molecule has 1 aromatic carbocycles. The Labute approximate surface area is 133 Å². The van der Waals surface area contributed by atoms with Crippen LogP contribution in [0.25, 0.3) is 0 Å². The highest BCUT2D eigenvalue weighted by molar-refractivity contribution is 5.81. The molecule has 1 saturated heterocycles. The summed E-state index contributed by atoms with van der Waals surface area (Å²) in [6.07, 6.45) is -2.91. The van der Waals surface area contributed by atoms with Crippen LogP contribution in [0.15, 0.2) is 18.2 Å². The third-order valence-corrected chi connectivity index (χ3v) is 3.19. The van der Waals surface area contributed by atoms with Gasteiger partial charge in [-0.3, -0.25) is 4.79 Å². The number of ketones is 1. The minimum Gasteiger partial charge on any atom is -0.443 e. The van der Waals surface area contributed by atoms with Crippen LogP contribution in [0.3, 0.4) is 0 Å². The first-order chi connectivity index (χ1) is 10.7. The summed E-state index contributed by atoms with van der Waals surface area (Å²) in [5.41, 5.74) is -0.609. The molecule has 0 saturated carbocycles. The number of nitrogens with one attached hydrogen (secondary N) is 1. The van der Waals surface area contributed by atoms with E-state index in [-0.39, 0.29) is 24.4 Å². The second-order valence-corrected chi connectivity index (χ2v) is 6.46. The first-order valence-electron chi connectivity index (χ1n) is 7.23. The summed E-state index contributed by atoms with van der Waals surface area (Å²) in [4.78, 5) is 23.5. The van der Waals surface area contributed by atoms with Gasteiger partial charge in [-0.2, -0.15) is 0 Å². The highest BCUT2D eigenvalue weighted by atomic mass is 19.1. The quantitative estimate of drug-likeness (QED) is 0.907. The normalized spacial score (nSPS) is 21.9. The molecule has 7 heteroatoms. The van der Waals surface area contributed by atoms with Crippen molar-refractivity contribution in [2.24, 2.45) is 0 Å². The molecule has 0 bridgehead atoms. The van der Waals surface area contributed by atoms with Crippen LogP contribution in [0.1, 0.15) is 38.9 Å². The van der Waals surface area contributed by atoms with Crippen LogP contribution in [0.5, 0.6) is 0 Å². The van der Waals surface area contributed by atoms with Crippen LogP contribution in [0.2, 0.25) is 0 Å². The fourth-order valence-electron chi connectivity index (χ4n) is 2.28. The van der Waals surface area contributed by atoms with Gasteiger partial charge in [0.25, 0.3) is 0 Å². The summed E-state index contributed by atoms with van der Waals surface area (Å²) >= 11 is 0. The fourth-order valence-corrected chi connectivity index (χ4v) is 2.28. The second kappa shape index (κ2) is 6.62. The van der Waals surface area contributed by atoms with Gasteiger partial charge in [0.2, 0.25) is 0 Å². The van der Waals surface area contributed by atoms with Crippen molar-refractivity contribution < 1.29 is 27.8 Å². The molecule has 1 N–H and O–H groups in total. The summed E-state index contributed by atoms with van der Waals surface area (Å²) in [6, 6.07) is 2.93. The third-order valence-electron chi connectivity index (χ3n) is 3.19. The van der Waals surface area contributed by atoms with E-state index in [2.05, 4.69) is 5.32 Å². The maximum absolute atomic E-state index is 13.9. The summed E-state index contributed by atoms with van der Waals surface area (Å²) in [5, 5.41) is 2.58. The number of amides is 1. The summed E-state index contributed by atoms with van der Waals surface area (Å²) in [6.45, 7) is 5.06. The summed E-state index contributed by atoms with van der Waals surface area (Å²) in [5.74, 6) is -1.60. The lowest BCUT2D eigenvalue weighted by atomic mass is 9.97. The van der Waals surface area contributed by atoms with Crippen molar-refractivity contribution in [2.45, 2.75) is 44.9 Å². The molecule has 1 fully saturated rings. The van der Waals surface area contributed by atoms with Crippen molar-refractivity contribution in [3.05, 3.63) is 35.4 Å². The average molecular weight is 327 g/mol. The van der Waals surface area contributed by atoms with Gasteiger partial charge in [0.05, 0.1) is 0 Å². The number of hydrogen-bond donors (Lipinski definition) is 1. The van der Waals surface area contributed by atoms with Crippen LogP contribution in [0, 0.1) is 11.6 Å². The van der Waals surface area contributed by atoms with Crippen molar-refractivity contribution in [1.82, 2.24) is 5.32 Å². The third kappa shape index (κ3) is 4.72. The van der Waals surface area contributed by atoms with Gasteiger partial charge in [-0.05, 0) is 39.0 Å². The van der Waals surface area contributed by atoms with Gasteiger partial charge in [0, 0.05) is 17.5 Å². The first-order valence-corrected chi connectivity index (χ1v) is 7.23. The molecule has 1 aliphatic heterocycles. The molecular formula is C16H19F2NO4. The number of hydrogen-bond acceptors (Lipinski definition) is 4. The zero-order chi connectivity index (χ0) is 17.2. The molecule has 0 spiro atoms. The van der Waals surface area contributed by atoms with Crippen molar-refractivity contribution in [3.63, 3.8) is 0 Å². The number of carbonyl (C=O) groups is 2.